The third-order valence-corrected chi connectivity index (χ3v) is 8.50. The lowest BCUT2D eigenvalue weighted by Crippen LogP contribution is -2.38. The Labute approximate surface area is 246 Å². The predicted octanol–water partition coefficient (Wildman–Crippen LogP) is 5.77. The zero-order valence-electron chi connectivity index (χ0n) is 22.7. The quantitative estimate of drug-likeness (QED) is 0.233. The summed E-state index contributed by atoms with van der Waals surface area (Å²) in [5, 5.41) is 7.77. The van der Waals surface area contributed by atoms with Crippen molar-refractivity contribution in [2.75, 3.05) is 24.5 Å². The summed E-state index contributed by atoms with van der Waals surface area (Å²) in [6, 6.07) is 22.2. The molecule has 2 fully saturated rings. The van der Waals surface area contributed by atoms with Gasteiger partial charge in [-0.2, -0.15) is 0 Å². The number of imide groups is 1. The van der Waals surface area contributed by atoms with Gasteiger partial charge in [0.1, 0.15) is 11.3 Å². The van der Waals surface area contributed by atoms with Crippen LogP contribution in [0.3, 0.4) is 0 Å². The van der Waals surface area contributed by atoms with Crippen LogP contribution in [0.2, 0.25) is 0 Å². The first-order valence-corrected chi connectivity index (χ1v) is 14.8. The predicted molar refractivity (Wildman–Crippen MR) is 165 cm³/mol. The number of carbonyl (C=O) groups is 2. The number of pyridine rings is 1. The van der Waals surface area contributed by atoms with E-state index in [2.05, 4.69) is 49.8 Å². The van der Waals surface area contributed by atoms with Crippen LogP contribution in [0.5, 0.6) is 0 Å². The minimum atomic E-state index is -0.386. The first-order valence-electron chi connectivity index (χ1n) is 14.0. The number of carbonyl (C=O) groups excluding carboxylic acids is 2. The number of hydrogen-bond donors (Lipinski definition) is 2. The van der Waals surface area contributed by atoms with Gasteiger partial charge < -0.3 is 14.6 Å². The highest BCUT2D eigenvalue weighted by molar-refractivity contribution is 8.18. The van der Waals surface area contributed by atoms with Crippen LogP contribution in [0, 0.1) is 5.92 Å². The van der Waals surface area contributed by atoms with E-state index in [1.54, 1.807) is 18.3 Å². The molecule has 0 unspecified atom stereocenters. The highest BCUT2D eigenvalue weighted by Gasteiger charge is 2.26. The fourth-order valence-corrected chi connectivity index (χ4v) is 6.17. The van der Waals surface area contributed by atoms with Gasteiger partial charge in [-0.05, 0) is 79.0 Å². The van der Waals surface area contributed by atoms with E-state index in [1.165, 1.54) is 0 Å². The third kappa shape index (κ3) is 5.50. The summed E-state index contributed by atoms with van der Waals surface area (Å²) in [6.07, 6.45) is 5.36. The minimum Gasteiger partial charge on any atom is -0.454 e. The van der Waals surface area contributed by atoms with E-state index in [0.717, 1.165) is 83.1 Å². The Bertz CT molecular complexity index is 1810. The molecule has 0 radical (unpaired) electrons. The molecule has 0 saturated carbocycles. The molecule has 0 bridgehead atoms. The van der Waals surface area contributed by atoms with Gasteiger partial charge in [-0.15, -0.1) is 0 Å². The van der Waals surface area contributed by atoms with Crippen molar-refractivity contribution in [1.82, 2.24) is 25.6 Å². The highest BCUT2D eigenvalue weighted by Crippen LogP contribution is 2.31. The molecular formula is C32H28N6O3S. The fourth-order valence-electron chi connectivity index (χ4n) is 5.50. The summed E-state index contributed by atoms with van der Waals surface area (Å²) in [5.74, 6) is 1.56. The van der Waals surface area contributed by atoms with E-state index in [4.69, 9.17) is 9.40 Å². The second-order valence-electron chi connectivity index (χ2n) is 10.5. The summed E-state index contributed by atoms with van der Waals surface area (Å²) >= 11 is 0.888. The number of nitrogens with one attached hydrogen (secondary N) is 2. The number of amides is 2. The second kappa shape index (κ2) is 11.4. The first kappa shape index (κ1) is 26.4. The summed E-state index contributed by atoms with van der Waals surface area (Å²) in [7, 11) is 0. The molecule has 2 aliphatic rings. The molecule has 42 heavy (non-hydrogen) atoms. The number of rotatable bonds is 7. The van der Waals surface area contributed by atoms with Crippen molar-refractivity contribution in [3.63, 3.8) is 0 Å². The van der Waals surface area contributed by atoms with E-state index in [0.29, 0.717) is 29.0 Å². The molecule has 3 aromatic heterocycles. The average Bonchev–Trinajstić information content (AvgIpc) is 3.59. The van der Waals surface area contributed by atoms with E-state index in [9.17, 15) is 9.59 Å². The van der Waals surface area contributed by atoms with Gasteiger partial charge in [0.2, 0.25) is 5.95 Å². The number of hydrogen-bond acceptors (Lipinski definition) is 9. The molecule has 5 aromatic rings. The normalized spacial score (nSPS) is 17.0. The molecule has 2 N–H and O–H groups in total. The van der Waals surface area contributed by atoms with Crippen LogP contribution in [0.1, 0.15) is 24.1 Å². The molecule has 9 nitrogen and oxygen atoms in total. The maximum absolute atomic E-state index is 11.9. The van der Waals surface area contributed by atoms with Crippen LogP contribution >= 0.6 is 11.8 Å². The Morgan fingerprint density at radius 1 is 1.00 bits per heavy atom. The Morgan fingerprint density at radius 3 is 2.62 bits per heavy atom. The van der Waals surface area contributed by atoms with Gasteiger partial charge in [0, 0.05) is 36.6 Å². The molecule has 10 heteroatoms. The van der Waals surface area contributed by atoms with E-state index >= 15 is 0 Å². The van der Waals surface area contributed by atoms with Gasteiger partial charge in [0.15, 0.2) is 5.76 Å². The van der Waals surface area contributed by atoms with Crippen molar-refractivity contribution in [3.05, 3.63) is 89.1 Å². The molecule has 0 spiro atoms. The molecule has 5 heterocycles. The van der Waals surface area contributed by atoms with E-state index in [-0.39, 0.29) is 11.1 Å². The van der Waals surface area contributed by atoms with Crippen LogP contribution in [0.4, 0.5) is 10.7 Å². The van der Waals surface area contributed by atoms with Gasteiger partial charge >= 0.3 is 0 Å². The zero-order chi connectivity index (χ0) is 28.5. The number of para-hydroxylation sites is 2. The van der Waals surface area contributed by atoms with Crippen LogP contribution in [0.25, 0.3) is 39.4 Å². The summed E-state index contributed by atoms with van der Waals surface area (Å²) in [6.45, 7) is 3.29. The van der Waals surface area contributed by atoms with Crippen LogP contribution in [-0.4, -0.2) is 45.7 Å². The third-order valence-electron chi connectivity index (χ3n) is 7.69. The Balaban J connectivity index is 1.00. The second-order valence-corrected chi connectivity index (χ2v) is 11.5. The van der Waals surface area contributed by atoms with Crippen molar-refractivity contribution in [3.8, 4) is 11.5 Å². The number of anilines is 1. The number of furan rings is 1. The Kier molecular flexibility index (Phi) is 7.15. The molecule has 2 amide bonds. The van der Waals surface area contributed by atoms with E-state index < -0.39 is 0 Å². The lowest BCUT2D eigenvalue weighted by molar-refractivity contribution is -0.115. The van der Waals surface area contributed by atoms with Crippen LogP contribution < -0.4 is 15.5 Å². The standard InChI is InChI=1S/C32H28N6O3S/c39-30-28(42-32(40)37-30)17-24-9-12-34-31(35-24)38-13-10-20(11-14-38)18-33-19-23-15-21-5-1-3-7-25(21)36-29(23)27-16-22-6-2-4-8-26(22)41-27/h1-9,12,15-17,20,33H,10-11,13-14,18-19H2,(H,37,39,40)/b28-17+. The lowest BCUT2D eigenvalue weighted by Gasteiger charge is -2.32. The van der Waals surface area contributed by atoms with Crippen LogP contribution in [0.15, 0.2) is 82.2 Å². The maximum atomic E-state index is 11.9. The molecule has 2 aromatic carbocycles. The summed E-state index contributed by atoms with van der Waals surface area (Å²) in [4.78, 5) is 40.0. The van der Waals surface area contributed by atoms with Crippen LogP contribution in [-0.2, 0) is 11.3 Å². The smallest absolute Gasteiger partial charge is 0.290 e. The monoisotopic (exact) mass is 576 g/mol. The first-order chi connectivity index (χ1) is 20.6. The maximum Gasteiger partial charge on any atom is 0.290 e. The van der Waals surface area contributed by atoms with E-state index in [1.807, 2.05) is 36.4 Å². The van der Waals surface area contributed by atoms with Gasteiger partial charge in [0.25, 0.3) is 11.1 Å². The van der Waals surface area contributed by atoms with Gasteiger partial charge in [0.05, 0.1) is 16.1 Å². The molecule has 0 aliphatic carbocycles. The highest BCUT2D eigenvalue weighted by atomic mass is 32.2. The van der Waals surface area contributed by atoms with Crippen molar-refractivity contribution in [2.45, 2.75) is 19.4 Å². The van der Waals surface area contributed by atoms with Crippen molar-refractivity contribution in [1.29, 1.82) is 0 Å². The number of fused-ring (bicyclic) bond motifs is 2. The molecule has 0 atom stereocenters. The molecule has 7 rings (SSSR count). The van der Waals surface area contributed by atoms with Gasteiger partial charge in [-0.3, -0.25) is 14.9 Å². The average molecular weight is 577 g/mol. The van der Waals surface area contributed by atoms with Crippen molar-refractivity contribution >= 4 is 56.8 Å². The lowest BCUT2D eigenvalue weighted by atomic mass is 9.97. The van der Waals surface area contributed by atoms with Crippen molar-refractivity contribution < 1.29 is 14.0 Å². The summed E-state index contributed by atoms with van der Waals surface area (Å²) in [5.41, 5.74) is 4.40. The minimum absolute atomic E-state index is 0.347. The number of piperidine rings is 1. The molecule has 210 valence electrons. The number of thioether (sulfide) groups is 1. The molecule has 2 aliphatic heterocycles. The number of benzene rings is 2. The molecular weight excluding hydrogens is 548 g/mol. The van der Waals surface area contributed by atoms with Gasteiger partial charge in [-0.1, -0.05) is 36.4 Å². The largest absolute Gasteiger partial charge is 0.454 e. The topological polar surface area (TPSA) is 113 Å². The fraction of sp³-hybridized carbons (Fsp3) is 0.219. The summed E-state index contributed by atoms with van der Waals surface area (Å²) < 4.78 is 6.20. The number of nitrogens with zero attached hydrogens (tertiary/aromatic N) is 4. The van der Waals surface area contributed by atoms with Crippen molar-refractivity contribution in [2.24, 2.45) is 5.92 Å². The Hall–Kier alpha value is -4.54. The van der Waals surface area contributed by atoms with Gasteiger partial charge in [-0.25, -0.2) is 15.0 Å². The zero-order valence-corrected chi connectivity index (χ0v) is 23.6. The number of aromatic nitrogens is 3. The molecule has 2 saturated heterocycles. The Morgan fingerprint density at radius 2 is 1.81 bits per heavy atom. The SMILES string of the molecule is O=C1NC(=O)/C(=C\c2ccnc(N3CCC(CNCc4cc5ccccc5nc4-c4cc5ccccc5o4)CC3)n2)S1.